The number of aromatic nitrogens is 2. The van der Waals surface area contributed by atoms with Crippen LogP contribution in [0, 0.1) is 17.8 Å². The molecule has 0 radical (unpaired) electrons. The Bertz CT molecular complexity index is 1020. The molecule has 1 heterocycles. The predicted octanol–water partition coefficient (Wildman–Crippen LogP) is 5.65. The quantitative estimate of drug-likeness (QED) is 0.498. The topological polar surface area (TPSA) is 67.1 Å². The predicted molar refractivity (Wildman–Crippen MR) is 134 cm³/mol. The summed E-state index contributed by atoms with van der Waals surface area (Å²) >= 11 is 0. The van der Waals surface area contributed by atoms with Gasteiger partial charge in [0, 0.05) is 18.6 Å². The molecule has 33 heavy (non-hydrogen) atoms. The van der Waals surface area contributed by atoms with E-state index in [-0.39, 0.29) is 5.54 Å². The van der Waals surface area contributed by atoms with Crippen molar-refractivity contribution in [1.29, 1.82) is 0 Å². The number of rotatable bonds is 7. The molecule has 4 fully saturated rings. The Labute approximate surface area is 196 Å². The van der Waals surface area contributed by atoms with Gasteiger partial charge < -0.3 is 16.0 Å². The molecule has 4 saturated carbocycles. The van der Waals surface area contributed by atoms with Crippen LogP contribution >= 0.6 is 0 Å². The van der Waals surface area contributed by atoms with E-state index in [1.54, 1.807) is 6.33 Å². The largest absolute Gasteiger partial charge is 0.393 e. The Morgan fingerprint density at radius 3 is 1.82 bits per heavy atom. The van der Waals surface area contributed by atoms with Gasteiger partial charge >= 0.3 is 0 Å². The van der Waals surface area contributed by atoms with Crippen molar-refractivity contribution in [2.45, 2.75) is 57.2 Å². The van der Waals surface area contributed by atoms with Crippen LogP contribution in [0.5, 0.6) is 0 Å². The summed E-state index contributed by atoms with van der Waals surface area (Å²) < 4.78 is 0. The van der Waals surface area contributed by atoms with Crippen molar-refractivity contribution in [3.8, 4) is 0 Å². The second-order valence-electron chi connectivity index (χ2n) is 10.6. The van der Waals surface area contributed by atoms with Crippen molar-refractivity contribution < 1.29 is 0 Å². The molecule has 0 spiro atoms. The smallest absolute Gasteiger partial charge is 0.158 e. The lowest BCUT2D eigenvalue weighted by atomic mass is 9.53. The summed E-state index contributed by atoms with van der Waals surface area (Å²) in [6, 6.07) is 21.1. The average Bonchev–Trinajstić information content (AvgIpc) is 2.80. The molecule has 170 valence electrons. The first kappa shape index (κ1) is 20.5. The third kappa shape index (κ3) is 4.17. The zero-order chi connectivity index (χ0) is 22.3. The minimum absolute atomic E-state index is 0.165. The fourth-order valence-corrected chi connectivity index (χ4v) is 7.07. The fraction of sp³-hybridized carbons (Fsp3) is 0.429. The summed E-state index contributed by atoms with van der Waals surface area (Å²) in [6.45, 7) is 1.49. The Hall–Kier alpha value is -3.08. The first-order chi connectivity index (χ1) is 16.2. The maximum absolute atomic E-state index is 6.79. The number of anilines is 3. The van der Waals surface area contributed by atoms with E-state index < -0.39 is 0 Å². The highest BCUT2D eigenvalue weighted by Gasteiger charge is 2.51. The van der Waals surface area contributed by atoms with Crippen LogP contribution in [0.4, 0.5) is 17.3 Å². The van der Waals surface area contributed by atoms with Gasteiger partial charge in [-0.25, -0.2) is 9.97 Å². The van der Waals surface area contributed by atoms with Gasteiger partial charge in [0.1, 0.15) is 12.0 Å². The molecular formula is C28H33N5. The minimum atomic E-state index is 0.165. The fourth-order valence-electron chi connectivity index (χ4n) is 7.07. The molecule has 0 unspecified atom stereocenters. The van der Waals surface area contributed by atoms with Crippen LogP contribution in [0.15, 0.2) is 67.0 Å². The zero-order valence-electron chi connectivity index (χ0n) is 19.2. The summed E-state index contributed by atoms with van der Waals surface area (Å²) in [6.07, 6.45) is 9.73. The number of nitrogens with zero attached hydrogens (tertiary/aromatic N) is 3. The molecule has 2 aromatic carbocycles. The summed E-state index contributed by atoms with van der Waals surface area (Å²) in [5.74, 6) is 4.25. The lowest BCUT2D eigenvalue weighted by Gasteiger charge is -2.57. The van der Waals surface area contributed by atoms with Crippen molar-refractivity contribution in [2.24, 2.45) is 17.8 Å². The van der Waals surface area contributed by atoms with Crippen LogP contribution in [-0.4, -0.2) is 15.5 Å². The van der Waals surface area contributed by atoms with Crippen LogP contribution in [0.25, 0.3) is 0 Å². The maximum atomic E-state index is 6.79. The van der Waals surface area contributed by atoms with E-state index in [0.29, 0.717) is 5.69 Å². The van der Waals surface area contributed by atoms with Crippen molar-refractivity contribution in [3.05, 3.63) is 78.1 Å². The number of nitrogen functional groups attached to an aromatic ring is 1. The van der Waals surface area contributed by atoms with E-state index >= 15 is 0 Å². The molecular weight excluding hydrogens is 406 g/mol. The molecule has 3 aromatic rings. The highest BCUT2D eigenvalue weighted by Crippen LogP contribution is 2.56. The molecule has 0 amide bonds. The second-order valence-corrected chi connectivity index (χ2v) is 10.6. The Morgan fingerprint density at radius 1 is 0.788 bits per heavy atom. The SMILES string of the molecule is Nc1c(NC23CC4CC(CC(C4)C2)C3)ncnc1N(Cc1ccccc1)Cc1ccccc1. The van der Waals surface area contributed by atoms with E-state index in [9.17, 15) is 0 Å². The van der Waals surface area contributed by atoms with Gasteiger partial charge in [0.15, 0.2) is 11.6 Å². The van der Waals surface area contributed by atoms with E-state index in [2.05, 4.69) is 80.8 Å². The number of hydrogen-bond donors (Lipinski definition) is 2. The Kier molecular flexibility index (Phi) is 5.20. The molecule has 1 aromatic heterocycles. The van der Waals surface area contributed by atoms with E-state index in [4.69, 9.17) is 5.73 Å². The third-order valence-electron chi connectivity index (χ3n) is 8.02. The monoisotopic (exact) mass is 439 g/mol. The summed E-state index contributed by atoms with van der Waals surface area (Å²) in [4.78, 5) is 11.6. The van der Waals surface area contributed by atoms with Gasteiger partial charge in [-0.3, -0.25) is 0 Å². The normalized spacial score (nSPS) is 27.5. The second kappa shape index (κ2) is 8.36. The van der Waals surface area contributed by atoms with Crippen LogP contribution in [0.1, 0.15) is 49.7 Å². The van der Waals surface area contributed by atoms with Gasteiger partial charge in [-0.2, -0.15) is 0 Å². The van der Waals surface area contributed by atoms with Crippen molar-refractivity contribution in [3.63, 3.8) is 0 Å². The molecule has 0 saturated heterocycles. The summed E-state index contributed by atoms with van der Waals surface area (Å²) in [5, 5.41) is 3.88. The van der Waals surface area contributed by atoms with E-state index in [1.165, 1.54) is 49.7 Å². The minimum Gasteiger partial charge on any atom is -0.393 e. The Balaban J connectivity index is 1.30. The molecule has 4 aliphatic carbocycles. The van der Waals surface area contributed by atoms with Crippen LogP contribution in [-0.2, 0) is 13.1 Å². The molecule has 4 bridgehead atoms. The standard InChI is InChI=1S/C28H33N5/c29-25-26(32-28-14-22-11-23(15-28)13-24(12-22)16-28)30-19-31-27(25)33(17-20-7-3-1-4-8-20)18-21-9-5-2-6-10-21/h1-10,19,22-24H,11-18,29H2,(H,30,31,32). The maximum Gasteiger partial charge on any atom is 0.158 e. The molecule has 7 rings (SSSR count). The summed E-state index contributed by atoms with van der Waals surface area (Å²) in [5.41, 5.74) is 10.1. The van der Waals surface area contributed by atoms with E-state index in [1.807, 2.05) is 0 Å². The molecule has 5 nitrogen and oxygen atoms in total. The van der Waals surface area contributed by atoms with Crippen LogP contribution < -0.4 is 16.0 Å². The molecule has 4 aliphatic rings. The average molecular weight is 440 g/mol. The van der Waals surface area contributed by atoms with Gasteiger partial charge in [0.25, 0.3) is 0 Å². The van der Waals surface area contributed by atoms with Crippen LogP contribution in [0.3, 0.4) is 0 Å². The highest BCUT2D eigenvalue weighted by atomic mass is 15.2. The highest BCUT2D eigenvalue weighted by molar-refractivity contribution is 5.75. The van der Waals surface area contributed by atoms with E-state index in [0.717, 1.165) is 42.5 Å². The van der Waals surface area contributed by atoms with Gasteiger partial charge in [0.2, 0.25) is 0 Å². The first-order valence-electron chi connectivity index (χ1n) is 12.4. The van der Waals surface area contributed by atoms with Gasteiger partial charge in [-0.1, -0.05) is 60.7 Å². The zero-order valence-corrected chi connectivity index (χ0v) is 19.2. The molecule has 0 aliphatic heterocycles. The van der Waals surface area contributed by atoms with Crippen molar-refractivity contribution >= 4 is 17.3 Å². The number of nitrogens with one attached hydrogen (secondary N) is 1. The van der Waals surface area contributed by atoms with Gasteiger partial charge in [-0.15, -0.1) is 0 Å². The lowest BCUT2D eigenvalue weighted by molar-refractivity contribution is 0.0106. The molecule has 5 heteroatoms. The molecule has 0 atom stereocenters. The van der Waals surface area contributed by atoms with Crippen LogP contribution in [0.2, 0.25) is 0 Å². The third-order valence-corrected chi connectivity index (χ3v) is 8.02. The van der Waals surface area contributed by atoms with Crippen molar-refractivity contribution in [1.82, 2.24) is 9.97 Å². The van der Waals surface area contributed by atoms with Crippen molar-refractivity contribution in [2.75, 3.05) is 16.0 Å². The first-order valence-corrected chi connectivity index (χ1v) is 12.4. The lowest BCUT2D eigenvalue weighted by Crippen LogP contribution is -2.55. The Morgan fingerprint density at radius 2 is 1.30 bits per heavy atom. The van der Waals surface area contributed by atoms with Gasteiger partial charge in [0.05, 0.1) is 0 Å². The number of nitrogens with two attached hydrogens (primary N) is 1. The number of hydrogen-bond acceptors (Lipinski definition) is 5. The summed E-state index contributed by atoms with van der Waals surface area (Å²) in [7, 11) is 0. The number of benzene rings is 2. The van der Waals surface area contributed by atoms with Gasteiger partial charge in [-0.05, 0) is 67.4 Å². The molecule has 3 N–H and O–H groups in total.